The number of nitrogens with zero attached hydrogens (tertiary/aromatic N) is 4. The number of halogens is 1. The summed E-state index contributed by atoms with van der Waals surface area (Å²) < 4.78 is 2.48. The Hall–Kier alpha value is -3.27. The van der Waals surface area contributed by atoms with Gasteiger partial charge in [-0.25, -0.2) is 9.48 Å². The normalized spacial score (nSPS) is 10.4. The summed E-state index contributed by atoms with van der Waals surface area (Å²) >= 11 is 3.33. The molecule has 1 heterocycles. The average Bonchev–Trinajstić information content (AvgIpc) is 3.10. The van der Waals surface area contributed by atoms with Gasteiger partial charge in [0.2, 0.25) is 5.91 Å². The van der Waals surface area contributed by atoms with E-state index in [0.29, 0.717) is 17.2 Å². The molecule has 0 aliphatic rings. The van der Waals surface area contributed by atoms with Gasteiger partial charge >= 0.3 is 6.03 Å². The molecule has 3 aromatic rings. The van der Waals surface area contributed by atoms with Crippen LogP contribution in [0.5, 0.6) is 0 Å². The van der Waals surface area contributed by atoms with Gasteiger partial charge in [0.25, 0.3) is 0 Å². The Balaban J connectivity index is 1.46. The number of anilines is 2. The van der Waals surface area contributed by atoms with Gasteiger partial charge in [-0.05, 0) is 46.8 Å². The van der Waals surface area contributed by atoms with Gasteiger partial charge in [-0.15, -0.1) is 5.10 Å². The number of hydrogen-bond donors (Lipinski definition) is 3. The molecule has 0 atom stereocenters. The number of carbonyl (C=O) groups is 2. The fourth-order valence-corrected chi connectivity index (χ4v) is 2.70. The van der Waals surface area contributed by atoms with Gasteiger partial charge in [0.05, 0.1) is 0 Å². The van der Waals surface area contributed by atoms with Crippen molar-refractivity contribution in [2.45, 2.75) is 6.42 Å². The Kier molecular flexibility index (Phi) is 6.33. The van der Waals surface area contributed by atoms with Gasteiger partial charge in [-0.1, -0.05) is 28.1 Å². The highest BCUT2D eigenvalue weighted by Gasteiger charge is 2.09. The second-order valence-electron chi connectivity index (χ2n) is 5.89. The van der Waals surface area contributed by atoms with E-state index in [1.165, 1.54) is 0 Å². The highest BCUT2D eigenvalue weighted by molar-refractivity contribution is 9.10. The molecule has 144 valence electrons. The van der Waals surface area contributed by atoms with E-state index < -0.39 is 0 Å². The van der Waals surface area contributed by atoms with E-state index in [-0.39, 0.29) is 24.9 Å². The summed E-state index contributed by atoms with van der Waals surface area (Å²) in [6, 6.07) is 14.1. The molecule has 3 amide bonds. The van der Waals surface area contributed by atoms with Crippen molar-refractivity contribution >= 4 is 39.2 Å². The first kappa shape index (κ1) is 19.5. The summed E-state index contributed by atoms with van der Waals surface area (Å²) in [6.07, 6.45) is 0.142. The highest BCUT2D eigenvalue weighted by atomic mass is 79.9. The number of amides is 3. The zero-order chi connectivity index (χ0) is 19.9. The first-order valence-corrected chi connectivity index (χ1v) is 9.23. The zero-order valence-corrected chi connectivity index (χ0v) is 16.6. The lowest BCUT2D eigenvalue weighted by molar-refractivity contribution is -0.116. The van der Waals surface area contributed by atoms with E-state index in [0.717, 1.165) is 10.0 Å². The van der Waals surface area contributed by atoms with Gasteiger partial charge in [-0.2, -0.15) is 0 Å². The quantitative estimate of drug-likeness (QED) is 0.541. The van der Waals surface area contributed by atoms with Crippen molar-refractivity contribution < 1.29 is 9.59 Å². The third-order valence-corrected chi connectivity index (χ3v) is 4.29. The summed E-state index contributed by atoms with van der Waals surface area (Å²) in [5.74, 6) is 0.388. The number of hydrogen-bond acceptors (Lipinski definition) is 5. The molecule has 0 saturated heterocycles. The third kappa shape index (κ3) is 5.36. The molecule has 2 aromatic carbocycles. The van der Waals surface area contributed by atoms with E-state index in [4.69, 9.17) is 0 Å². The van der Waals surface area contributed by atoms with Crippen LogP contribution in [0.15, 0.2) is 53.0 Å². The monoisotopic (exact) mass is 443 g/mol. The molecular formula is C18H18BrN7O2. The van der Waals surface area contributed by atoms with E-state index >= 15 is 0 Å². The topological polar surface area (TPSA) is 114 Å². The Morgan fingerprint density at radius 3 is 2.57 bits per heavy atom. The van der Waals surface area contributed by atoms with Crippen LogP contribution < -0.4 is 16.0 Å². The zero-order valence-electron chi connectivity index (χ0n) is 15.0. The molecular weight excluding hydrogens is 426 g/mol. The number of benzene rings is 2. The maximum Gasteiger partial charge on any atom is 0.319 e. The predicted octanol–water partition coefficient (Wildman–Crippen LogP) is 2.79. The van der Waals surface area contributed by atoms with Crippen molar-refractivity contribution in [2.24, 2.45) is 7.05 Å². The second-order valence-corrected chi connectivity index (χ2v) is 6.81. The van der Waals surface area contributed by atoms with E-state index in [1.54, 1.807) is 36.0 Å². The number of rotatable bonds is 6. The van der Waals surface area contributed by atoms with Crippen LogP contribution in [-0.2, 0) is 11.8 Å². The van der Waals surface area contributed by atoms with Crippen molar-refractivity contribution in [2.75, 3.05) is 17.2 Å². The molecule has 0 aliphatic carbocycles. The number of carbonyl (C=O) groups excluding carboxylic acids is 2. The maximum atomic E-state index is 12.1. The summed E-state index contributed by atoms with van der Waals surface area (Å²) in [7, 11) is 1.74. The van der Waals surface area contributed by atoms with Crippen LogP contribution in [0.25, 0.3) is 11.4 Å². The van der Waals surface area contributed by atoms with Crippen molar-refractivity contribution in [3.8, 4) is 11.4 Å². The van der Waals surface area contributed by atoms with Crippen molar-refractivity contribution in [1.82, 2.24) is 25.5 Å². The molecule has 1 aromatic heterocycles. The van der Waals surface area contributed by atoms with Crippen molar-refractivity contribution in [3.63, 3.8) is 0 Å². The summed E-state index contributed by atoms with van der Waals surface area (Å²) in [5.41, 5.74) is 2.09. The molecule has 0 fully saturated rings. The van der Waals surface area contributed by atoms with Gasteiger partial charge in [-0.3, -0.25) is 4.79 Å². The van der Waals surface area contributed by atoms with Crippen LogP contribution in [0.2, 0.25) is 0 Å². The first-order valence-electron chi connectivity index (χ1n) is 8.44. The largest absolute Gasteiger partial charge is 0.337 e. The minimum absolute atomic E-state index is 0.142. The summed E-state index contributed by atoms with van der Waals surface area (Å²) in [5, 5.41) is 19.5. The highest BCUT2D eigenvalue weighted by Crippen LogP contribution is 2.19. The molecule has 0 aliphatic heterocycles. The molecule has 0 bridgehead atoms. The minimum atomic E-state index is -0.369. The predicted molar refractivity (Wildman–Crippen MR) is 109 cm³/mol. The van der Waals surface area contributed by atoms with Gasteiger partial charge in [0.15, 0.2) is 5.82 Å². The molecule has 0 saturated carbocycles. The molecule has 28 heavy (non-hydrogen) atoms. The summed E-state index contributed by atoms with van der Waals surface area (Å²) in [6.45, 7) is 0.209. The second kappa shape index (κ2) is 9.09. The average molecular weight is 444 g/mol. The van der Waals surface area contributed by atoms with Crippen LogP contribution >= 0.6 is 15.9 Å². The Morgan fingerprint density at radius 1 is 1.07 bits per heavy atom. The Morgan fingerprint density at radius 2 is 1.86 bits per heavy atom. The maximum absolute atomic E-state index is 12.1. The number of aromatic nitrogens is 4. The lowest BCUT2D eigenvalue weighted by Gasteiger charge is -2.09. The van der Waals surface area contributed by atoms with Gasteiger partial charge in [0, 0.05) is 41.4 Å². The van der Waals surface area contributed by atoms with E-state index in [2.05, 4.69) is 47.4 Å². The van der Waals surface area contributed by atoms with E-state index in [9.17, 15) is 9.59 Å². The smallest absolute Gasteiger partial charge is 0.319 e. The number of tetrazole rings is 1. The minimum Gasteiger partial charge on any atom is -0.337 e. The van der Waals surface area contributed by atoms with Crippen LogP contribution in [0.3, 0.4) is 0 Å². The third-order valence-electron chi connectivity index (χ3n) is 3.76. The number of nitrogens with one attached hydrogen (secondary N) is 3. The lowest BCUT2D eigenvalue weighted by Crippen LogP contribution is -2.31. The summed E-state index contributed by atoms with van der Waals surface area (Å²) in [4.78, 5) is 24.0. The molecule has 0 spiro atoms. The SMILES string of the molecule is Cn1nnnc1-c1cccc(NC(=O)CCNC(=O)Nc2ccc(Br)cc2)c1. The molecule has 0 radical (unpaired) electrons. The van der Waals surface area contributed by atoms with Crippen LogP contribution in [0.4, 0.5) is 16.2 Å². The molecule has 9 nitrogen and oxygen atoms in total. The fourth-order valence-electron chi connectivity index (χ4n) is 2.43. The number of urea groups is 1. The lowest BCUT2D eigenvalue weighted by atomic mass is 10.2. The van der Waals surface area contributed by atoms with E-state index in [1.807, 2.05) is 24.3 Å². The van der Waals surface area contributed by atoms with Crippen molar-refractivity contribution in [3.05, 3.63) is 53.0 Å². The molecule has 3 rings (SSSR count). The number of aryl methyl sites for hydroxylation is 1. The van der Waals surface area contributed by atoms with Crippen LogP contribution in [-0.4, -0.2) is 38.7 Å². The first-order chi connectivity index (χ1) is 13.5. The standard InChI is InChI=1S/C18H18BrN7O2/c1-26-17(23-24-25-26)12-3-2-4-15(11-12)21-16(27)9-10-20-18(28)22-14-7-5-13(19)6-8-14/h2-8,11H,9-10H2,1H3,(H,21,27)(H2,20,22,28). The fraction of sp³-hybridized carbons (Fsp3) is 0.167. The molecule has 0 unspecified atom stereocenters. The van der Waals surface area contributed by atoms with Gasteiger partial charge < -0.3 is 16.0 Å². The van der Waals surface area contributed by atoms with Crippen molar-refractivity contribution in [1.29, 1.82) is 0 Å². The molecule has 3 N–H and O–H groups in total. The Labute approximate surface area is 169 Å². The van der Waals surface area contributed by atoms with Crippen LogP contribution in [0.1, 0.15) is 6.42 Å². The Bertz CT molecular complexity index is 972. The molecule has 10 heteroatoms. The van der Waals surface area contributed by atoms with Crippen LogP contribution in [0, 0.1) is 0 Å². The van der Waals surface area contributed by atoms with Gasteiger partial charge in [0.1, 0.15) is 0 Å².